The Hall–Kier alpha value is -1.11. The van der Waals surface area contributed by atoms with Crippen LogP contribution in [0.3, 0.4) is 0 Å². The summed E-state index contributed by atoms with van der Waals surface area (Å²) >= 11 is 6.07. The van der Waals surface area contributed by atoms with Gasteiger partial charge in [-0.15, -0.1) is 0 Å². The predicted molar refractivity (Wildman–Crippen MR) is 91.1 cm³/mol. The largest absolute Gasteiger partial charge is 0.343 e. The minimum absolute atomic E-state index is 0.103. The van der Waals surface area contributed by atoms with Crippen molar-refractivity contribution in [3.63, 3.8) is 0 Å². The fourth-order valence-electron chi connectivity index (χ4n) is 2.89. The van der Waals surface area contributed by atoms with Gasteiger partial charge in [0, 0.05) is 25.2 Å². The van der Waals surface area contributed by atoms with E-state index in [9.17, 15) is 13.2 Å². The second-order valence-electron chi connectivity index (χ2n) is 6.43. The summed E-state index contributed by atoms with van der Waals surface area (Å²) in [6.07, 6.45) is 0. The number of hydrogen-bond acceptors (Lipinski definition) is 3. The van der Waals surface area contributed by atoms with E-state index in [1.54, 1.807) is 37.9 Å². The van der Waals surface area contributed by atoms with Gasteiger partial charge in [-0.05, 0) is 43.0 Å². The van der Waals surface area contributed by atoms with E-state index in [0.717, 1.165) is 0 Å². The highest BCUT2D eigenvalue weighted by atomic mass is 35.5. The van der Waals surface area contributed by atoms with Crippen LogP contribution in [0.5, 0.6) is 0 Å². The molecule has 1 aromatic rings. The number of halogens is 1. The average Bonchev–Trinajstić information content (AvgIpc) is 2.44. The molecule has 0 N–H and O–H groups in total. The molecule has 1 saturated heterocycles. The summed E-state index contributed by atoms with van der Waals surface area (Å²) in [6.45, 7) is 7.92. The number of likely N-dealkylation sites (N-methyl/N-ethyl adjacent to an activating group) is 1. The molecule has 1 aliphatic heterocycles. The van der Waals surface area contributed by atoms with E-state index in [4.69, 9.17) is 11.6 Å². The second kappa shape index (κ2) is 6.42. The number of amides is 1. The van der Waals surface area contributed by atoms with Crippen LogP contribution in [0.15, 0.2) is 17.0 Å². The van der Waals surface area contributed by atoms with Gasteiger partial charge < -0.3 is 4.90 Å². The number of hydrogen-bond donors (Lipinski definition) is 0. The monoisotopic (exact) mass is 358 g/mol. The molecule has 1 aliphatic rings. The third-order valence-electron chi connectivity index (χ3n) is 4.27. The molecule has 1 aromatic carbocycles. The number of nitrogens with zero attached hydrogens (tertiary/aromatic N) is 2. The van der Waals surface area contributed by atoms with Crippen LogP contribution in [-0.4, -0.2) is 49.7 Å². The minimum atomic E-state index is -3.76. The summed E-state index contributed by atoms with van der Waals surface area (Å²) in [7, 11) is -2.05. The maximum atomic E-state index is 13.2. The molecule has 5 nitrogen and oxygen atoms in total. The fourth-order valence-corrected chi connectivity index (χ4v) is 5.11. The Morgan fingerprint density at radius 1 is 1.17 bits per heavy atom. The molecule has 2 rings (SSSR count). The number of carbonyl (C=O) groups excluding carboxylic acids is 1. The number of sulfonamides is 1. The maximum absolute atomic E-state index is 13.2. The minimum Gasteiger partial charge on any atom is -0.343 e. The van der Waals surface area contributed by atoms with Crippen LogP contribution < -0.4 is 0 Å². The number of piperazine rings is 1. The van der Waals surface area contributed by atoms with Crippen molar-refractivity contribution in [2.75, 3.05) is 20.1 Å². The average molecular weight is 359 g/mol. The lowest BCUT2D eigenvalue weighted by Crippen LogP contribution is -2.59. The second-order valence-corrected chi connectivity index (χ2v) is 8.70. The number of rotatable bonds is 3. The summed E-state index contributed by atoms with van der Waals surface area (Å²) in [5, 5.41) is 0.538. The smallest absolute Gasteiger partial charge is 0.244 e. The number of benzene rings is 1. The molecule has 0 bridgehead atoms. The normalized spacial score (nSPS) is 20.4. The lowest BCUT2D eigenvalue weighted by Gasteiger charge is -2.40. The highest BCUT2D eigenvalue weighted by Crippen LogP contribution is 2.30. The first-order chi connectivity index (χ1) is 10.6. The van der Waals surface area contributed by atoms with Crippen LogP contribution in [0.4, 0.5) is 0 Å². The predicted octanol–water partition coefficient (Wildman–Crippen LogP) is 2.44. The first kappa shape index (κ1) is 18.2. The lowest BCUT2D eigenvalue weighted by atomic mass is 10.0. The van der Waals surface area contributed by atoms with Crippen LogP contribution in [0.25, 0.3) is 0 Å². The van der Waals surface area contributed by atoms with E-state index in [1.165, 1.54) is 4.31 Å². The zero-order chi connectivity index (χ0) is 17.5. The number of carbonyl (C=O) groups is 1. The third kappa shape index (κ3) is 3.25. The highest BCUT2D eigenvalue weighted by Gasteiger charge is 2.42. The molecule has 1 unspecified atom stereocenters. The summed E-state index contributed by atoms with van der Waals surface area (Å²) in [5.74, 6) is -0.258. The van der Waals surface area contributed by atoms with Crippen LogP contribution in [0.1, 0.15) is 25.0 Å². The van der Waals surface area contributed by atoms with E-state index in [-0.39, 0.29) is 16.7 Å². The molecule has 7 heteroatoms. The topological polar surface area (TPSA) is 57.7 Å². The Labute approximate surface area is 143 Å². The standard InChI is InChI=1S/C16H23ClN2O3S/c1-10(2)15-16(20)18(5)6-7-19(15)23(21,22)14-9-11(3)13(17)8-12(14)4/h8-10,15H,6-7H2,1-5H3. The zero-order valence-corrected chi connectivity index (χ0v) is 15.7. The van der Waals surface area contributed by atoms with E-state index in [2.05, 4.69) is 0 Å². The number of aryl methyl sites for hydroxylation is 2. The molecule has 23 heavy (non-hydrogen) atoms. The van der Waals surface area contributed by atoms with Crippen LogP contribution in [0.2, 0.25) is 5.02 Å². The van der Waals surface area contributed by atoms with Crippen molar-refractivity contribution >= 4 is 27.5 Å². The third-order valence-corrected chi connectivity index (χ3v) is 6.70. The Kier molecular flexibility index (Phi) is 5.09. The SMILES string of the molecule is Cc1cc(S(=O)(=O)N2CCN(C)C(=O)C2C(C)C)c(C)cc1Cl. The van der Waals surface area contributed by atoms with Crippen LogP contribution in [0, 0.1) is 19.8 Å². The van der Waals surface area contributed by atoms with Crippen LogP contribution >= 0.6 is 11.6 Å². The first-order valence-corrected chi connectivity index (χ1v) is 9.42. The molecular formula is C16H23ClN2O3S. The molecule has 0 radical (unpaired) electrons. The van der Waals surface area contributed by atoms with E-state index in [0.29, 0.717) is 29.2 Å². The van der Waals surface area contributed by atoms with Crippen molar-refractivity contribution in [2.24, 2.45) is 5.92 Å². The van der Waals surface area contributed by atoms with Gasteiger partial charge in [0.1, 0.15) is 6.04 Å². The van der Waals surface area contributed by atoms with Gasteiger partial charge >= 0.3 is 0 Å². The quantitative estimate of drug-likeness (QED) is 0.833. The maximum Gasteiger partial charge on any atom is 0.244 e. The summed E-state index contributed by atoms with van der Waals surface area (Å²) in [4.78, 5) is 14.3. The molecule has 0 aliphatic carbocycles. The molecule has 0 saturated carbocycles. The Bertz CT molecular complexity index is 731. The molecular weight excluding hydrogens is 336 g/mol. The first-order valence-electron chi connectivity index (χ1n) is 7.61. The molecule has 0 spiro atoms. The Morgan fingerprint density at radius 3 is 2.35 bits per heavy atom. The van der Waals surface area contributed by atoms with Crippen molar-refractivity contribution < 1.29 is 13.2 Å². The van der Waals surface area contributed by atoms with E-state index >= 15 is 0 Å². The fraction of sp³-hybridized carbons (Fsp3) is 0.562. The van der Waals surface area contributed by atoms with E-state index in [1.807, 2.05) is 13.8 Å². The zero-order valence-electron chi connectivity index (χ0n) is 14.1. The molecule has 0 aromatic heterocycles. The summed E-state index contributed by atoms with van der Waals surface area (Å²) < 4.78 is 27.6. The van der Waals surface area contributed by atoms with Gasteiger partial charge in [0.25, 0.3) is 0 Å². The van der Waals surface area contributed by atoms with Gasteiger partial charge in [-0.1, -0.05) is 25.4 Å². The summed E-state index contributed by atoms with van der Waals surface area (Å²) in [5.41, 5.74) is 1.30. The highest BCUT2D eigenvalue weighted by molar-refractivity contribution is 7.89. The van der Waals surface area contributed by atoms with Gasteiger partial charge in [-0.2, -0.15) is 4.31 Å². The molecule has 1 amide bonds. The molecule has 1 fully saturated rings. The lowest BCUT2D eigenvalue weighted by molar-refractivity contribution is -0.138. The summed E-state index contributed by atoms with van der Waals surface area (Å²) in [6, 6.07) is 2.58. The van der Waals surface area contributed by atoms with E-state index < -0.39 is 16.1 Å². The van der Waals surface area contributed by atoms with Crippen molar-refractivity contribution in [3.8, 4) is 0 Å². The van der Waals surface area contributed by atoms with Gasteiger partial charge in [0.15, 0.2) is 0 Å². The van der Waals surface area contributed by atoms with Crippen molar-refractivity contribution in [1.82, 2.24) is 9.21 Å². The van der Waals surface area contributed by atoms with Crippen molar-refractivity contribution in [3.05, 3.63) is 28.3 Å². The van der Waals surface area contributed by atoms with Crippen molar-refractivity contribution in [2.45, 2.75) is 38.6 Å². The Morgan fingerprint density at radius 2 is 1.78 bits per heavy atom. The molecule has 128 valence electrons. The molecule has 1 heterocycles. The van der Waals surface area contributed by atoms with Crippen molar-refractivity contribution in [1.29, 1.82) is 0 Å². The van der Waals surface area contributed by atoms with Crippen LogP contribution in [-0.2, 0) is 14.8 Å². The molecule has 1 atom stereocenters. The Balaban J connectivity index is 2.54. The van der Waals surface area contributed by atoms with Gasteiger partial charge in [0.2, 0.25) is 15.9 Å². The van der Waals surface area contributed by atoms with Gasteiger partial charge in [-0.3, -0.25) is 4.79 Å². The van der Waals surface area contributed by atoms with Gasteiger partial charge in [0.05, 0.1) is 4.90 Å². The van der Waals surface area contributed by atoms with Gasteiger partial charge in [-0.25, -0.2) is 8.42 Å².